The van der Waals surface area contributed by atoms with Gasteiger partial charge in [0.2, 0.25) is 0 Å². The molecule has 0 saturated heterocycles. The van der Waals surface area contributed by atoms with Crippen molar-refractivity contribution < 1.29 is 19.4 Å². The molecule has 0 amide bonds. The average Bonchev–Trinajstić information content (AvgIpc) is 2.32. The number of hydrogen-bond donors (Lipinski definition) is 1. The standard InChI is InChI=1S/C11H13BrO4S/c1-15-10(16-2)6-17-7-3-4-9(12)8(5-7)11(13)14/h3-5,10H,6H2,1-2H3,(H,13,14). The maximum absolute atomic E-state index is 10.9. The number of carboxylic acid groups (broad SMARTS) is 1. The van der Waals surface area contributed by atoms with Crippen molar-refractivity contribution in [3.63, 3.8) is 0 Å². The van der Waals surface area contributed by atoms with Crippen molar-refractivity contribution in [2.75, 3.05) is 20.0 Å². The highest BCUT2D eigenvalue weighted by Gasteiger charge is 2.11. The van der Waals surface area contributed by atoms with Crippen LogP contribution in [0, 0.1) is 0 Å². The summed E-state index contributed by atoms with van der Waals surface area (Å²) < 4.78 is 10.7. The molecule has 0 saturated carbocycles. The molecular formula is C11H13BrO4S. The molecule has 0 spiro atoms. The van der Waals surface area contributed by atoms with Crippen LogP contribution in [0.1, 0.15) is 10.4 Å². The van der Waals surface area contributed by atoms with Gasteiger partial charge in [0.1, 0.15) is 0 Å². The van der Waals surface area contributed by atoms with Crippen molar-refractivity contribution in [2.24, 2.45) is 0 Å². The number of thioether (sulfide) groups is 1. The van der Waals surface area contributed by atoms with Gasteiger partial charge in [-0.25, -0.2) is 4.79 Å². The van der Waals surface area contributed by atoms with Crippen molar-refractivity contribution in [1.82, 2.24) is 0 Å². The number of ether oxygens (including phenoxy) is 2. The van der Waals surface area contributed by atoms with Gasteiger partial charge in [-0.15, -0.1) is 11.8 Å². The minimum atomic E-state index is -0.950. The number of benzene rings is 1. The molecule has 1 N–H and O–H groups in total. The Labute approximate surface area is 112 Å². The molecule has 1 aromatic rings. The molecule has 1 rings (SSSR count). The van der Waals surface area contributed by atoms with E-state index in [1.165, 1.54) is 11.8 Å². The lowest BCUT2D eigenvalue weighted by Gasteiger charge is -2.12. The van der Waals surface area contributed by atoms with Crippen molar-refractivity contribution >= 4 is 33.7 Å². The first-order valence-electron chi connectivity index (χ1n) is 4.79. The third-order valence-corrected chi connectivity index (χ3v) is 3.80. The molecule has 0 bridgehead atoms. The Bertz CT molecular complexity index is 393. The Kier molecular flexibility index (Phi) is 5.97. The minimum Gasteiger partial charge on any atom is -0.478 e. The predicted octanol–water partition coefficient (Wildman–Crippen LogP) is 2.86. The Morgan fingerprint density at radius 1 is 1.47 bits per heavy atom. The summed E-state index contributed by atoms with van der Waals surface area (Å²) in [6.07, 6.45) is -0.295. The molecular weight excluding hydrogens is 308 g/mol. The fraction of sp³-hybridized carbons (Fsp3) is 0.364. The van der Waals surface area contributed by atoms with E-state index in [0.717, 1.165) is 4.90 Å². The van der Waals surface area contributed by atoms with Crippen LogP contribution in [0.4, 0.5) is 0 Å². The summed E-state index contributed by atoms with van der Waals surface area (Å²) in [7, 11) is 3.14. The molecule has 0 unspecified atom stereocenters. The summed E-state index contributed by atoms with van der Waals surface area (Å²) in [6, 6.07) is 5.20. The SMILES string of the molecule is COC(CSc1ccc(Br)c(C(=O)O)c1)OC. The van der Waals surface area contributed by atoms with Gasteiger partial charge in [-0.05, 0) is 34.1 Å². The molecule has 6 heteroatoms. The third-order valence-electron chi connectivity index (χ3n) is 2.08. The van der Waals surface area contributed by atoms with E-state index in [9.17, 15) is 4.79 Å². The number of carbonyl (C=O) groups is 1. The molecule has 4 nitrogen and oxygen atoms in total. The lowest BCUT2D eigenvalue weighted by molar-refractivity contribution is -0.0842. The first kappa shape index (κ1) is 14.5. The van der Waals surface area contributed by atoms with Crippen LogP contribution in [0.25, 0.3) is 0 Å². The van der Waals surface area contributed by atoms with E-state index in [1.807, 2.05) is 6.07 Å². The van der Waals surface area contributed by atoms with E-state index in [-0.39, 0.29) is 11.9 Å². The largest absolute Gasteiger partial charge is 0.478 e. The molecule has 0 aromatic heterocycles. The monoisotopic (exact) mass is 320 g/mol. The normalized spacial score (nSPS) is 10.8. The molecule has 0 heterocycles. The van der Waals surface area contributed by atoms with Crippen LogP contribution in [0.15, 0.2) is 27.6 Å². The van der Waals surface area contributed by atoms with Crippen LogP contribution >= 0.6 is 27.7 Å². The highest BCUT2D eigenvalue weighted by atomic mass is 79.9. The van der Waals surface area contributed by atoms with E-state index < -0.39 is 5.97 Å². The first-order chi connectivity index (χ1) is 8.08. The Morgan fingerprint density at radius 3 is 2.65 bits per heavy atom. The minimum absolute atomic E-state index is 0.251. The number of rotatable bonds is 6. The molecule has 1 aromatic carbocycles. The second-order valence-corrected chi connectivity index (χ2v) is 5.11. The van der Waals surface area contributed by atoms with Crippen LogP contribution in [0.5, 0.6) is 0 Å². The van der Waals surface area contributed by atoms with Gasteiger partial charge in [-0.2, -0.15) is 0 Å². The summed E-state index contributed by atoms with van der Waals surface area (Å²) in [5.41, 5.74) is 0.251. The van der Waals surface area contributed by atoms with Crippen molar-refractivity contribution in [2.45, 2.75) is 11.2 Å². The number of hydrogen-bond acceptors (Lipinski definition) is 4. The van der Waals surface area contributed by atoms with Gasteiger partial charge in [0.05, 0.1) is 5.56 Å². The molecule has 0 radical (unpaired) electrons. The van der Waals surface area contributed by atoms with E-state index in [4.69, 9.17) is 14.6 Å². The zero-order valence-corrected chi connectivity index (χ0v) is 11.9. The fourth-order valence-electron chi connectivity index (χ4n) is 1.15. The maximum Gasteiger partial charge on any atom is 0.336 e. The summed E-state index contributed by atoms with van der Waals surface area (Å²) in [5.74, 6) is -0.345. The molecule has 0 aliphatic rings. The summed E-state index contributed by atoms with van der Waals surface area (Å²) >= 11 is 4.68. The van der Waals surface area contributed by atoms with Crippen LogP contribution in [-0.4, -0.2) is 37.3 Å². The molecule has 0 fully saturated rings. The lowest BCUT2D eigenvalue weighted by atomic mass is 10.2. The van der Waals surface area contributed by atoms with Gasteiger partial charge in [-0.3, -0.25) is 0 Å². The predicted molar refractivity (Wildman–Crippen MR) is 69.6 cm³/mol. The van der Waals surface area contributed by atoms with E-state index in [0.29, 0.717) is 10.2 Å². The zero-order chi connectivity index (χ0) is 12.8. The summed E-state index contributed by atoms with van der Waals surface area (Å²) in [6.45, 7) is 0. The second kappa shape index (κ2) is 7.00. The van der Waals surface area contributed by atoms with Crippen LogP contribution < -0.4 is 0 Å². The fourth-order valence-corrected chi connectivity index (χ4v) is 2.54. The average molecular weight is 321 g/mol. The molecule has 94 valence electrons. The van der Waals surface area contributed by atoms with Gasteiger partial charge in [0, 0.05) is 29.3 Å². The Morgan fingerprint density at radius 2 is 2.12 bits per heavy atom. The molecule has 0 atom stereocenters. The van der Waals surface area contributed by atoms with Gasteiger partial charge >= 0.3 is 5.97 Å². The second-order valence-electron chi connectivity index (χ2n) is 3.16. The smallest absolute Gasteiger partial charge is 0.336 e. The summed E-state index contributed by atoms with van der Waals surface area (Å²) in [5, 5.41) is 8.97. The van der Waals surface area contributed by atoms with Crippen LogP contribution in [0.2, 0.25) is 0 Å². The van der Waals surface area contributed by atoms with Gasteiger partial charge in [-0.1, -0.05) is 0 Å². The molecule has 0 aliphatic carbocycles. The summed E-state index contributed by atoms with van der Waals surface area (Å²) in [4.78, 5) is 11.8. The van der Waals surface area contributed by atoms with Gasteiger partial charge in [0.15, 0.2) is 6.29 Å². The number of carboxylic acids is 1. The number of halogens is 1. The van der Waals surface area contributed by atoms with E-state index >= 15 is 0 Å². The zero-order valence-electron chi connectivity index (χ0n) is 9.47. The molecule has 0 aliphatic heterocycles. The topological polar surface area (TPSA) is 55.8 Å². The van der Waals surface area contributed by atoms with Crippen molar-refractivity contribution in [3.8, 4) is 0 Å². The Balaban J connectivity index is 2.72. The lowest BCUT2D eigenvalue weighted by Crippen LogP contribution is -2.15. The van der Waals surface area contributed by atoms with E-state index in [1.54, 1.807) is 26.4 Å². The highest BCUT2D eigenvalue weighted by molar-refractivity contribution is 9.10. The first-order valence-corrected chi connectivity index (χ1v) is 6.57. The third kappa shape index (κ3) is 4.31. The van der Waals surface area contributed by atoms with Gasteiger partial charge in [0.25, 0.3) is 0 Å². The molecule has 17 heavy (non-hydrogen) atoms. The quantitative estimate of drug-likeness (QED) is 0.645. The van der Waals surface area contributed by atoms with Crippen LogP contribution in [0.3, 0.4) is 0 Å². The maximum atomic E-state index is 10.9. The van der Waals surface area contributed by atoms with E-state index in [2.05, 4.69) is 15.9 Å². The van der Waals surface area contributed by atoms with Crippen LogP contribution in [-0.2, 0) is 9.47 Å². The Hall–Kier alpha value is -0.560. The highest BCUT2D eigenvalue weighted by Crippen LogP contribution is 2.25. The number of aromatic carboxylic acids is 1. The number of methoxy groups -OCH3 is 2. The van der Waals surface area contributed by atoms with Crippen molar-refractivity contribution in [1.29, 1.82) is 0 Å². The van der Waals surface area contributed by atoms with Gasteiger partial charge < -0.3 is 14.6 Å². The van der Waals surface area contributed by atoms with Crippen molar-refractivity contribution in [3.05, 3.63) is 28.2 Å².